The van der Waals surface area contributed by atoms with Gasteiger partial charge in [0.05, 0.1) is 11.0 Å². The average molecular weight is 233 g/mol. The Morgan fingerprint density at radius 3 is 3.06 bits per heavy atom. The van der Waals surface area contributed by atoms with Crippen LogP contribution in [0, 0.1) is 6.92 Å². The van der Waals surface area contributed by atoms with Crippen LogP contribution in [-0.4, -0.2) is 27.9 Å². The highest BCUT2D eigenvalue weighted by Crippen LogP contribution is 2.14. The SMILES string of the molecule is Cc1nc2ccc(CN(C)C(=O)NN)cc2[nH]1. The number of nitrogens with two attached hydrogens (primary N) is 1. The maximum atomic E-state index is 11.3. The van der Waals surface area contributed by atoms with Gasteiger partial charge in [0, 0.05) is 13.6 Å². The van der Waals surface area contributed by atoms with Crippen molar-refractivity contribution in [1.82, 2.24) is 20.3 Å². The number of rotatable bonds is 2. The van der Waals surface area contributed by atoms with E-state index in [4.69, 9.17) is 5.84 Å². The summed E-state index contributed by atoms with van der Waals surface area (Å²) in [6, 6.07) is 5.55. The molecule has 0 aliphatic heterocycles. The third-order valence-electron chi connectivity index (χ3n) is 2.55. The number of carbonyl (C=O) groups excluding carboxylic acids is 1. The first kappa shape index (κ1) is 11.4. The van der Waals surface area contributed by atoms with E-state index < -0.39 is 0 Å². The van der Waals surface area contributed by atoms with Gasteiger partial charge < -0.3 is 9.88 Å². The minimum atomic E-state index is -0.314. The Morgan fingerprint density at radius 1 is 1.59 bits per heavy atom. The summed E-state index contributed by atoms with van der Waals surface area (Å²) in [7, 11) is 1.69. The van der Waals surface area contributed by atoms with Crippen molar-refractivity contribution in [3.05, 3.63) is 29.6 Å². The minimum Gasteiger partial charge on any atom is -0.342 e. The van der Waals surface area contributed by atoms with Gasteiger partial charge in [-0.25, -0.2) is 15.6 Å². The van der Waals surface area contributed by atoms with E-state index in [0.29, 0.717) is 6.54 Å². The molecule has 1 heterocycles. The Labute approximate surface area is 98.8 Å². The van der Waals surface area contributed by atoms with Crippen molar-refractivity contribution in [2.75, 3.05) is 7.05 Å². The number of hydrogen-bond donors (Lipinski definition) is 3. The van der Waals surface area contributed by atoms with E-state index in [2.05, 4.69) is 15.4 Å². The van der Waals surface area contributed by atoms with Crippen LogP contribution in [0.25, 0.3) is 11.0 Å². The molecule has 4 N–H and O–H groups in total. The highest BCUT2D eigenvalue weighted by Gasteiger charge is 2.08. The monoisotopic (exact) mass is 233 g/mol. The predicted octanol–water partition coefficient (Wildman–Crippen LogP) is 0.886. The van der Waals surface area contributed by atoms with E-state index in [0.717, 1.165) is 22.4 Å². The molecule has 0 saturated carbocycles. The lowest BCUT2D eigenvalue weighted by molar-refractivity contribution is 0.207. The van der Waals surface area contributed by atoms with Crippen LogP contribution in [-0.2, 0) is 6.54 Å². The van der Waals surface area contributed by atoms with Gasteiger partial charge in [0.2, 0.25) is 0 Å². The van der Waals surface area contributed by atoms with Crippen molar-refractivity contribution < 1.29 is 4.79 Å². The predicted molar refractivity (Wildman–Crippen MR) is 65.0 cm³/mol. The van der Waals surface area contributed by atoms with E-state index in [1.54, 1.807) is 7.05 Å². The number of hydrogen-bond acceptors (Lipinski definition) is 3. The molecule has 6 nitrogen and oxygen atoms in total. The second kappa shape index (κ2) is 4.42. The minimum absolute atomic E-state index is 0.314. The first-order valence-corrected chi connectivity index (χ1v) is 5.27. The summed E-state index contributed by atoms with van der Waals surface area (Å²) in [4.78, 5) is 20.2. The van der Waals surface area contributed by atoms with Gasteiger partial charge in [-0.3, -0.25) is 5.43 Å². The van der Waals surface area contributed by atoms with E-state index in [9.17, 15) is 4.79 Å². The number of H-pyrrole nitrogens is 1. The zero-order valence-electron chi connectivity index (χ0n) is 9.82. The third kappa shape index (κ3) is 2.36. The Hall–Kier alpha value is -2.08. The zero-order valence-corrected chi connectivity index (χ0v) is 9.82. The molecule has 0 aliphatic rings. The van der Waals surface area contributed by atoms with Crippen molar-refractivity contribution in [2.45, 2.75) is 13.5 Å². The van der Waals surface area contributed by atoms with Gasteiger partial charge in [-0.05, 0) is 24.6 Å². The number of aromatic amines is 1. The number of amides is 2. The Morgan fingerprint density at radius 2 is 2.35 bits per heavy atom. The van der Waals surface area contributed by atoms with Crippen LogP contribution in [0.5, 0.6) is 0 Å². The summed E-state index contributed by atoms with van der Waals surface area (Å²) < 4.78 is 0. The number of aromatic nitrogens is 2. The number of benzene rings is 1. The molecular formula is C11H15N5O. The van der Waals surface area contributed by atoms with Crippen LogP contribution in [0.1, 0.15) is 11.4 Å². The molecular weight excluding hydrogens is 218 g/mol. The van der Waals surface area contributed by atoms with Crippen LogP contribution in [0.3, 0.4) is 0 Å². The van der Waals surface area contributed by atoms with Gasteiger partial charge in [0.1, 0.15) is 5.82 Å². The maximum Gasteiger partial charge on any atom is 0.331 e. The normalized spacial score (nSPS) is 10.5. The molecule has 2 amide bonds. The lowest BCUT2D eigenvalue weighted by Gasteiger charge is -2.15. The summed E-state index contributed by atoms with van der Waals surface area (Å²) in [5, 5.41) is 0. The van der Waals surface area contributed by atoms with Crippen LogP contribution in [0.15, 0.2) is 18.2 Å². The van der Waals surface area contributed by atoms with Gasteiger partial charge in [-0.2, -0.15) is 0 Å². The van der Waals surface area contributed by atoms with Gasteiger partial charge in [-0.15, -0.1) is 0 Å². The molecule has 90 valence electrons. The number of nitrogens with zero attached hydrogens (tertiary/aromatic N) is 2. The molecule has 2 aromatic rings. The highest BCUT2D eigenvalue weighted by molar-refractivity contribution is 5.76. The summed E-state index contributed by atoms with van der Waals surface area (Å²) >= 11 is 0. The molecule has 0 saturated heterocycles. The van der Waals surface area contributed by atoms with Crippen LogP contribution >= 0.6 is 0 Å². The fraction of sp³-hybridized carbons (Fsp3) is 0.273. The van der Waals surface area contributed by atoms with Crippen LogP contribution in [0.2, 0.25) is 0 Å². The van der Waals surface area contributed by atoms with Crippen molar-refractivity contribution in [3.63, 3.8) is 0 Å². The fourth-order valence-electron chi connectivity index (χ4n) is 1.74. The van der Waals surface area contributed by atoms with Crippen molar-refractivity contribution in [2.24, 2.45) is 5.84 Å². The molecule has 0 radical (unpaired) electrons. The molecule has 6 heteroatoms. The molecule has 1 aromatic heterocycles. The van der Waals surface area contributed by atoms with Crippen LogP contribution < -0.4 is 11.3 Å². The number of carbonyl (C=O) groups is 1. The van der Waals surface area contributed by atoms with E-state index in [-0.39, 0.29) is 6.03 Å². The summed E-state index contributed by atoms with van der Waals surface area (Å²) in [5.41, 5.74) is 5.02. The average Bonchev–Trinajstić information content (AvgIpc) is 2.67. The molecule has 17 heavy (non-hydrogen) atoms. The molecule has 0 spiro atoms. The van der Waals surface area contributed by atoms with Gasteiger partial charge in [0.25, 0.3) is 0 Å². The number of urea groups is 1. The number of imidazole rings is 1. The third-order valence-corrected chi connectivity index (χ3v) is 2.55. The largest absolute Gasteiger partial charge is 0.342 e. The van der Waals surface area contributed by atoms with Crippen molar-refractivity contribution in [3.8, 4) is 0 Å². The van der Waals surface area contributed by atoms with E-state index in [1.807, 2.05) is 25.1 Å². The van der Waals surface area contributed by atoms with Gasteiger partial charge in [0.15, 0.2) is 0 Å². The molecule has 0 aliphatic carbocycles. The van der Waals surface area contributed by atoms with E-state index in [1.165, 1.54) is 4.90 Å². The lowest BCUT2D eigenvalue weighted by Crippen LogP contribution is -2.40. The molecule has 0 bridgehead atoms. The standard InChI is InChI=1S/C11H15N5O/c1-7-13-9-4-3-8(5-10(9)14-7)6-16(2)11(17)15-12/h3-5H,6,12H2,1-2H3,(H,13,14)(H,15,17). The molecule has 0 fully saturated rings. The second-order valence-electron chi connectivity index (χ2n) is 3.98. The summed E-state index contributed by atoms with van der Waals surface area (Å²) in [6.45, 7) is 2.41. The summed E-state index contributed by atoms with van der Waals surface area (Å²) in [5.74, 6) is 5.94. The topological polar surface area (TPSA) is 87.0 Å². The van der Waals surface area contributed by atoms with Gasteiger partial charge >= 0.3 is 6.03 Å². The quantitative estimate of drug-likeness (QED) is 0.409. The molecule has 1 aromatic carbocycles. The lowest BCUT2D eigenvalue weighted by atomic mass is 10.2. The number of nitrogens with one attached hydrogen (secondary N) is 2. The number of aryl methyl sites for hydroxylation is 1. The second-order valence-corrected chi connectivity index (χ2v) is 3.98. The Bertz CT molecular complexity index is 548. The molecule has 0 unspecified atom stereocenters. The van der Waals surface area contributed by atoms with Crippen LogP contribution in [0.4, 0.5) is 4.79 Å². The Balaban J connectivity index is 2.21. The van der Waals surface area contributed by atoms with Gasteiger partial charge in [-0.1, -0.05) is 6.07 Å². The fourth-order valence-corrected chi connectivity index (χ4v) is 1.74. The van der Waals surface area contributed by atoms with E-state index >= 15 is 0 Å². The first-order valence-electron chi connectivity index (χ1n) is 5.27. The highest BCUT2D eigenvalue weighted by atomic mass is 16.2. The zero-order chi connectivity index (χ0) is 12.4. The molecule has 2 rings (SSSR count). The van der Waals surface area contributed by atoms with Crippen molar-refractivity contribution in [1.29, 1.82) is 0 Å². The number of fused-ring (bicyclic) bond motifs is 1. The maximum absolute atomic E-state index is 11.3. The number of hydrazine groups is 1. The smallest absolute Gasteiger partial charge is 0.331 e. The summed E-state index contributed by atoms with van der Waals surface area (Å²) in [6.07, 6.45) is 0. The molecule has 0 atom stereocenters. The van der Waals surface area contributed by atoms with Crippen molar-refractivity contribution >= 4 is 17.1 Å². The Kier molecular flexibility index (Phi) is 2.97. The first-order chi connectivity index (χ1) is 8.10.